The third-order valence-corrected chi connectivity index (χ3v) is 3.00. The summed E-state index contributed by atoms with van der Waals surface area (Å²) in [5.41, 5.74) is 3.36. The van der Waals surface area contributed by atoms with Crippen LogP contribution in [0.1, 0.15) is 25.3 Å². The van der Waals surface area contributed by atoms with Crippen LogP contribution in [-0.2, 0) is 4.79 Å². The Kier molecular flexibility index (Phi) is 6.19. The van der Waals surface area contributed by atoms with Gasteiger partial charge in [0.05, 0.1) is 6.54 Å². The van der Waals surface area contributed by atoms with Crippen LogP contribution in [0.5, 0.6) is 0 Å². The standard InChI is InChI=1S/C15H25N3O/c1-5-6-9-16-15(19)11-17-13-8-7-12(2)14(10-13)18(3)4/h7-8,10,17H,5-6,9,11H2,1-4H3,(H,16,19). The Morgan fingerprint density at radius 2 is 2.05 bits per heavy atom. The molecule has 4 heteroatoms. The predicted molar refractivity (Wildman–Crippen MR) is 81.9 cm³/mol. The molecule has 1 rings (SSSR count). The molecule has 0 aromatic heterocycles. The molecule has 0 heterocycles. The number of benzene rings is 1. The molecule has 0 radical (unpaired) electrons. The highest BCUT2D eigenvalue weighted by molar-refractivity contribution is 5.81. The van der Waals surface area contributed by atoms with Gasteiger partial charge in [0.15, 0.2) is 0 Å². The zero-order valence-corrected chi connectivity index (χ0v) is 12.4. The number of rotatable bonds is 7. The minimum Gasteiger partial charge on any atom is -0.377 e. The van der Waals surface area contributed by atoms with Gasteiger partial charge in [0.1, 0.15) is 0 Å². The van der Waals surface area contributed by atoms with Crippen molar-refractivity contribution in [1.82, 2.24) is 5.32 Å². The van der Waals surface area contributed by atoms with Crippen molar-refractivity contribution in [2.24, 2.45) is 0 Å². The minimum atomic E-state index is 0.0421. The average Bonchev–Trinajstić information content (AvgIpc) is 2.37. The van der Waals surface area contributed by atoms with Gasteiger partial charge in [-0.25, -0.2) is 0 Å². The molecule has 0 spiro atoms. The molecule has 0 aliphatic rings. The third kappa shape index (κ3) is 5.20. The van der Waals surface area contributed by atoms with E-state index in [0.717, 1.165) is 30.8 Å². The number of amides is 1. The van der Waals surface area contributed by atoms with Gasteiger partial charge in [0, 0.05) is 32.0 Å². The molecule has 4 nitrogen and oxygen atoms in total. The predicted octanol–water partition coefficient (Wildman–Crippen LogP) is 2.39. The number of hydrogen-bond donors (Lipinski definition) is 2. The number of anilines is 2. The van der Waals surface area contributed by atoms with Crippen LogP contribution in [-0.4, -0.2) is 33.1 Å². The Morgan fingerprint density at radius 1 is 1.32 bits per heavy atom. The van der Waals surface area contributed by atoms with Crippen molar-refractivity contribution in [2.75, 3.05) is 37.4 Å². The number of nitrogens with one attached hydrogen (secondary N) is 2. The van der Waals surface area contributed by atoms with Gasteiger partial charge in [0.2, 0.25) is 5.91 Å². The van der Waals surface area contributed by atoms with Crippen LogP contribution in [0.25, 0.3) is 0 Å². The van der Waals surface area contributed by atoms with E-state index < -0.39 is 0 Å². The lowest BCUT2D eigenvalue weighted by Crippen LogP contribution is -2.30. The van der Waals surface area contributed by atoms with Crippen LogP contribution >= 0.6 is 0 Å². The van der Waals surface area contributed by atoms with Crippen molar-refractivity contribution < 1.29 is 4.79 Å². The summed E-state index contributed by atoms with van der Waals surface area (Å²) in [7, 11) is 4.03. The van der Waals surface area contributed by atoms with E-state index in [1.165, 1.54) is 5.56 Å². The lowest BCUT2D eigenvalue weighted by molar-refractivity contribution is -0.119. The van der Waals surface area contributed by atoms with Crippen molar-refractivity contribution in [1.29, 1.82) is 0 Å². The zero-order valence-electron chi connectivity index (χ0n) is 12.4. The van der Waals surface area contributed by atoms with Gasteiger partial charge in [-0.2, -0.15) is 0 Å². The second-order valence-electron chi connectivity index (χ2n) is 4.95. The summed E-state index contributed by atoms with van der Waals surface area (Å²) in [6, 6.07) is 6.13. The van der Waals surface area contributed by atoms with Crippen molar-refractivity contribution in [3.8, 4) is 0 Å². The summed E-state index contributed by atoms with van der Waals surface area (Å²) in [6.07, 6.45) is 2.12. The molecule has 106 valence electrons. The van der Waals surface area contributed by atoms with Crippen LogP contribution in [0.3, 0.4) is 0 Å². The van der Waals surface area contributed by atoms with E-state index >= 15 is 0 Å². The van der Waals surface area contributed by atoms with Crippen molar-refractivity contribution in [3.05, 3.63) is 23.8 Å². The monoisotopic (exact) mass is 263 g/mol. The maximum Gasteiger partial charge on any atom is 0.239 e. The molecular weight excluding hydrogens is 238 g/mol. The van der Waals surface area contributed by atoms with Gasteiger partial charge in [-0.1, -0.05) is 19.4 Å². The van der Waals surface area contributed by atoms with E-state index in [9.17, 15) is 4.79 Å². The van der Waals surface area contributed by atoms with Crippen LogP contribution < -0.4 is 15.5 Å². The van der Waals surface area contributed by atoms with E-state index in [1.807, 2.05) is 20.2 Å². The number of hydrogen-bond acceptors (Lipinski definition) is 3. The fourth-order valence-electron chi connectivity index (χ4n) is 1.85. The Hall–Kier alpha value is -1.71. The van der Waals surface area contributed by atoms with Gasteiger partial charge < -0.3 is 15.5 Å². The van der Waals surface area contributed by atoms with E-state index in [0.29, 0.717) is 6.54 Å². The first-order valence-corrected chi connectivity index (χ1v) is 6.83. The van der Waals surface area contributed by atoms with Crippen LogP contribution in [0, 0.1) is 6.92 Å². The fraction of sp³-hybridized carbons (Fsp3) is 0.533. The normalized spacial score (nSPS) is 10.1. The summed E-state index contributed by atoms with van der Waals surface area (Å²) in [5, 5.41) is 6.05. The number of nitrogens with zero attached hydrogens (tertiary/aromatic N) is 1. The Morgan fingerprint density at radius 3 is 2.68 bits per heavy atom. The Bertz CT molecular complexity index is 416. The molecular formula is C15H25N3O. The van der Waals surface area contributed by atoms with Crippen LogP contribution in [0.2, 0.25) is 0 Å². The summed E-state index contributed by atoms with van der Waals surface area (Å²) in [4.78, 5) is 13.7. The molecule has 1 amide bonds. The Labute approximate surface area is 116 Å². The third-order valence-electron chi connectivity index (χ3n) is 3.00. The lowest BCUT2D eigenvalue weighted by atomic mass is 10.1. The molecule has 0 fully saturated rings. The molecule has 0 saturated heterocycles. The van der Waals surface area contributed by atoms with E-state index in [2.05, 4.69) is 41.5 Å². The highest BCUT2D eigenvalue weighted by atomic mass is 16.1. The highest BCUT2D eigenvalue weighted by Crippen LogP contribution is 2.22. The second-order valence-corrected chi connectivity index (χ2v) is 4.95. The summed E-state index contributed by atoms with van der Waals surface area (Å²) in [6.45, 7) is 5.27. The molecule has 1 aromatic rings. The maximum atomic E-state index is 11.6. The fourth-order valence-corrected chi connectivity index (χ4v) is 1.85. The minimum absolute atomic E-state index is 0.0421. The largest absolute Gasteiger partial charge is 0.377 e. The van der Waals surface area contributed by atoms with E-state index in [1.54, 1.807) is 0 Å². The molecule has 19 heavy (non-hydrogen) atoms. The topological polar surface area (TPSA) is 44.4 Å². The molecule has 0 atom stereocenters. The van der Waals surface area contributed by atoms with Gasteiger partial charge in [0.25, 0.3) is 0 Å². The lowest BCUT2D eigenvalue weighted by Gasteiger charge is -2.17. The summed E-state index contributed by atoms with van der Waals surface area (Å²) >= 11 is 0. The SMILES string of the molecule is CCCCNC(=O)CNc1ccc(C)c(N(C)C)c1. The van der Waals surface area contributed by atoms with Gasteiger partial charge in [-0.05, 0) is 31.0 Å². The quantitative estimate of drug-likeness (QED) is 0.742. The number of unbranched alkanes of at least 4 members (excludes halogenated alkanes) is 1. The molecule has 0 bridgehead atoms. The highest BCUT2D eigenvalue weighted by Gasteiger charge is 2.04. The first kappa shape index (κ1) is 15.3. The molecule has 2 N–H and O–H groups in total. The van der Waals surface area contributed by atoms with Gasteiger partial charge >= 0.3 is 0 Å². The first-order valence-electron chi connectivity index (χ1n) is 6.83. The van der Waals surface area contributed by atoms with E-state index in [-0.39, 0.29) is 5.91 Å². The number of aryl methyl sites for hydroxylation is 1. The molecule has 0 aliphatic heterocycles. The van der Waals surface area contributed by atoms with Gasteiger partial charge in [-0.15, -0.1) is 0 Å². The van der Waals surface area contributed by atoms with Crippen molar-refractivity contribution in [2.45, 2.75) is 26.7 Å². The van der Waals surface area contributed by atoms with Crippen LogP contribution in [0.15, 0.2) is 18.2 Å². The smallest absolute Gasteiger partial charge is 0.239 e. The second kappa shape index (κ2) is 7.67. The molecule has 0 aliphatic carbocycles. The van der Waals surface area contributed by atoms with Crippen molar-refractivity contribution in [3.63, 3.8) is 0 Å². The first-order chi connectivity index (χ1) is 9.04. The van der Waals surface area contributed by atoms with E-state index in [4.69, 9.17) is 0 Å². The summed E-state index contributed by atoms with van der Waals surface area (Å²) in [5.74, 6) is 0.0421. The molecule has 1 aromatic carbocycles. The Balaban J connectivity index is 2.49. The number of carbonyl (C=O) groups excluding carboxylic acids is 1. The van der Waals surface area contributed by atoms with Crippen LogP contribution in [0.4, 0.5) is 11.4 Å². The van der Waals surface area contributed by atoms with Gasteiger partial charge in [-0.3, -0.25) is 4.79 Å². The van der Waals surface area contributed by atoms with Crippen molar-refractivity contribution >= 4 is 17.3 Å². The molecule has 0 saturated carbocycles. The molecule has 0 unspecified atom stereocenters. The zero-order chi connectivity index (χ0) is 14.3. The summed E-state index contributed by atoms with van der Waals surface area (Å²) < 4.78 is 0. The number of carbonyl (C=O) groups is 1. The average molecular weight is 263 g/mol. The maximum absolute atomic E-state index is 11.6.